The van der Waals surface area contributed by atoms with Crippen molar-refractivity contribution >= 4 is 18.3 Å². The van der Waals surface area contributed by atoms with Gasteiger partial charge in [-0.05, 0) is 12.8 Å². The number of halogens is 1. The van der Waals surface area contributed by atoms with Crippen LogP contribution in [-0.2, 0) is 9.53 Å². The summed E-state index contributed by atoms with van der Waals surface area (Å²) in [6, 6.07) is 0.275. The molecule has 1 saturated heterocycles. The number of carbonyl (C=O) groups is 1. The van der Waals surface area contributed by atoms with Crippen molar-refractivity contribution in [1.82, 2.24) is 4.90 Å². The van der Waals surface area contributed by atoms with E-state index in [2.05, 4.69) is 0 Å². The minimum atomic E-state index is 0. The lowest BCUT2D eigenvalue weighted by molar-refractivity contribution is -0.136. The van der Waals surface area contributed by atoms with Gasteiger partial charge in [-0.25, -0.2) is 0 Å². The lowest BCUT2D eigenvalue weighted by Crippen LogP contribution is -2.44. The number of ether oxygens (including phenoxy) is 1. The van der Waals surface area contributed by atoms with E-state index in [4.69, 9.17) is 10.5 Å². The van der Waals surface area contributed by atoms with Crippen molar-refractivity contribution in [3.05, 3.63) is 0 Å². The summed E-state index contributed by atoms with van der Waals surface area (Å²) in [7, 11) is 1.54. The minimum absolute atomic E-state index is 0. The standard InChI is InChI=1S/C8H16N2O2.ClH/c1-12-6-8(11)10-4-2-7(9)3-5-10;/h7H,2-6,9H2,1H3;1H. The number of nitrogens with two attached hydrogens (primary N) is 1. The van der Waals surface area contributed by atoms with Crippen molar-refractivity contribution < 1.29 is 9.53 Å². The van der Waals surface area contributed by atoms with E-state index in [-0.39, 0.29) is 31.0 Å². The molecule has 0 saturated carbocycles. The molecule has 1 heterocycles. The number of hydrogen-bond donors (Lipinski definition) is 1. The van der Waals surface area contributed by atoms with E-state index in [9.17, 15) is 4.79 Å². The van der Waals surface area contributed by atoms with E-state index < -0.39 is 0 Å². The Hall–Kier alpha value is -0.320. The van der Waals surface area contributed by atoms with Gasteiger partial charge in [-0.15, -0.1) is 12.4 Å². The molecule has 1 amide bonds. The van der Waals surface area contributed by atoms with Crippen LogP contribution in [0.1, 0.15) is 12.8 Å². The van der Waals surface area contributed by atoms with E-state index in [0.717, 1.165) is 25.9 Å². The molecule has 0 unspecified atom stereocenters. The van der Waals surface area contributed by atoms with E-state index in [1.54, 1.807) is 0 Å². The monoisotopic (exact) mass is 208 g/mol. The van der Waals surface area contributed by atoms with Gasteiger partial charge in [0.25, 0.3) is 0 Å². The van der Waals surface area contributed by atoms with Crippen LogP contribution in [-0.4, -0.2) is 43.7 Å². The summed E-state index contributed by atoms with van der Waals surface area (Å²) in [5, 5.41) is 0. The first-order valence-corrected chi connectivity index (χ1v) is 4.26. The van der Waals surface area contributed by atoms with Gasteiger partial charge in [-0.2, -0.15) is 0 Å². The molecule has 78 valence electrons. The number of carbonyl (C=O) groups excluding carboxylic acids is 1. The van der Waals surface area contributed by atoms with Crippen LogP contribution >= 0.6 is 12.4 Å². The zero-order chi connectivity index (χ0) is 8.97. The molecule has 0 aliphatic carbocycles. The largest absolute Gasteiger partial charge is 0.375 e. The van der Waals surface area contributed by atoms with Crippen molar-refractivity contribution in [1.29, 1.82) is 0 Å². The highest BCUT2D eigenvalue weighted by Crippen LogP contribution is 2.07. The molecule has 1 aliphatic heterocycles. The molecule has 4 nitrogen and oxygen atoms in total. The Morgan fingerprint density at radius 1 is 1.54 bits per heavy atom. The number of piperidine rings is 1. The van der Waals surface area contributed by atoms with Crippen molar-refractivity contribution in [3.63, 3.8) is 0 Å². The number of rotatable bonds is 2. The summed E-state index contributed by atoms with van der Waals surface area (Å²) in [4.78, 5) is 13.1. The quantitative estimate of drug-likeness (QED) is 0.696. The Morgan fingerprint density at radius 3 is 2.54 bits per heavy atom. The molecule has 5 heteroatoms. The van der Waals surface area contributed by atoms with Crippen molar-refractivity contribution in [2.75, 3.05) is 26.8 Å². The third-order valence-corrected chi connectivity index (χ3v) is 2.16. The molecule has 1 aliphatic rings. The van der Waals surface area contributed by atoms with Gasteiger partial charge in [0, 0.05) is 26.2 Å². The summed E-state index contributed by atoms with van der Waals surface area (Å²) in [6.45, 7) is 1.75. The minimum Gasteiger partial charge on any atom is -0.375 e. The molecule has 0 aromatic carbocycles. The molecular weight excluding hydrogens is 192 g/mol. The first-order chi connectivity index (χ1) is 5.74. The van der Waals surface area contributed by atoms with Gasteiger partial charge >= 0.3 is 0 Å². The summed E-state index contributed by atoms with van der Waals surface area (Å²) in [5.74, 6) is 0.0735. The smallest absolute Gasteiger partial charge is 0.248 e. The van der Waals surface area contributed by atoms with Gasteiger partial charge in [-0.3, -0.25) is 4.79 Å². The number of methoxy groups -OCH3 is 1. The van der Waals surface area contributed by atoms with Gasteiger partial charge in [-0.1, -0.05) is 0 Å². The van der Waals surface area contributed by atoms with Gasteiger partial charge in [0.15, 0.2) is 0 Å². The SMILES string of the molecule is COCC(=O)N1CCC(N)CC1.Cl. The maximum Gasteiger partial charge on any atom is 0.248 e. The molecule has 0 atom stereocenters. The summed E-state index contributed by atoms with van der Waals surface area (Å²) < 4.78 is 4.76. The molecule has 1 fully saturated rings. The molecule has 0 radical (unpaired) electrons. The Labute approximate surface area is 84.8 Å². The molecule has 0 aromatic rings. The van der Waals surface area contributed by atoms with Gasteiger partial charge in [0.05, 0.1) is 0 Å². The number of hydrogen-bond acceptors (Lipinski definition) is 3. The second-order valence-corrected chi connectivity index (χ2v) is 3.15. The predicted octanol–water partition coefficient (Wildman–Crippen LogP) is 0.00430. The van der Waals surface area contributed by atoms with Crippen LogP contribution in [0.2, 0.25) is 0 Å². The van der Waals surface area contributed by atoms with Crippen molar-refractivity contribution in [2.45, 2.75) is 18.9 Å². The summed E-state index contributed by atoms with van der Waals surface area (Å²) in [6.07, 6.45) is 1.82. The van der Waals surface area contributed by atoms with Gasteiger partial charge < -0.3 is 15.4 Å². The fraction of sp³-hybridized carbons (Fsp3) is 0.875. The van der Waals surface area contributed by atoms with Crippen LogP contribution in [0.15, 0.2) is 0 Å². The molecule has 0 aromatic heterocycles. The lowest BCUT2D eigenvalue weighted by atomic mass is 10.1. The summed E-state index contributed by atoms with van der Waals surface area (Å²) >= 11 is 0. The lowest BCUT2D eigenvalue weighted by Gasteiger charge is -2.29. The molecule has 2 N–H and O–H groups in total. The van der Waals surface area contributed by atoms with Gasteiger partial charge in [0.1, 0.15) is 6.61 Å². The predicted molar refractivity (Wildman–Crippen MR) is 52.9 cm³/mol. The van der Waals surface area contributed by atoms with Crippen LogP contribution in [0.25, 0.3) is 0 Å². The fourth-order valence-electron chi connectivity index (χ4n) is 1.36. The van der Waals surface area contributed by atoms with E-state index >= 15 is 0 Å². The Morgan fingerprint density at radius 2 is 2.08 bits per heavy atom. The number of likely N-dealkylation sites (tertiary alicyclic amines) is 1. The first kappa shape index (κ1) is 12.7. The van der Waals surface area contributed by atoms with Crippen molar-refractivity contribution in [2.24, 2.45) is 5.73 Å². The molecule has 1 rings (SSSR count). The van der Waals surface area contributed by atoms with Crippen LogP contribution in [0.5, 0.6) is 0 Å². The maximum absolute atomic E-state index is 11.3. The van der Waals surface area contributed by atoms with Gasteiger partial charge in [0.2, 0.25) is 5.91 Å². The van der Waals surface area contributed by atoms with Crippen LogP contribution < -0.4 is 5.73 Å². The number of nitrogens with zero attached hydrogens (tertiary/aromatic N) is 1. The highest BCUT2D eigenvalue weighted by atomic mass is 35.5. The fourth-order valence-corrected chi connectivity index (χ4v) is 1.36. The average Bonchev–Trinajstić information content (AvgIpc) is 2.06. The normalized spacial score (nSPS) is 18.2. The zero-order valence-corrected chi connectivity index (χ0v) is 8.68. The topological polar surface area (TPSA) is 55.6 Å². The number of amides is 1. The highest BCUT2D eigenvalue weighted by Gasteiger charge is 2.19. The molecule has 0 bridgehead atoms. The van der Waals surface area contributed by atoms with Crippen LogP contribution in [0.4, 0.5) is 0 Å². The Balaban J connectivity index is 0.00000144. The molecule has 0 spiro atoms. The second kappa shape index (κ2) is 6.18. The highest BCUT2D eigenvalue weighted by molar-refractivity contribution is 5.85. The third kappa shape index (κ3) is 3.93. The summed E-state index contributed by atoms with van der Waals surface area (Å²) in [5.41, 5.74) is 5.70. The molecular formula is C8H17ClN2O2. The molecule has 13 heavy (non-hydrogen) atoms. The van der Waals surface area contributed by atoms with E-state index in [1.807, 2.05) is 4.90 Å². The zero-order valence-electron chi connectivity index (χ0n) is 7.86. The second-order valence-electron chi connectivity index (χ2n) is 3.15. The van der Waals surface area contributed by atoms with E-state index in [1.165, 1.54) is 7.11 Å². The first-order valence-electron chi connectivity index (χ1n) is 4.26. The average molecular weight is 209 g/mol. The van der Waals surface area contributed by atoms with Crippen LogP contribution in [0.3, 0.4) is 0 Å². The Kier molecular flexibility index (Phi) is 6.03. The van der Waals surface area contributed by atoms with E-state index in [0.29, 0.717) is 0 Å². The van der Waals surface area contributed by atoms with Crippen LogP contribution in [0, 0.1) is 0 Å². The van der Waals surface area contributed by atoms with Crippen molar-refractivity contribution in [3.8, 4) is 0 Å². The third-order valence-electron chi connectivity index (χ3n) is 2.16. The Bertz CT molecular complexity index is 158. The maximum atomic E-state index is 11.3.